The molecule has 4 heterocycles. The Morgan fingerprint density at radius 3 is 2.84 bits per heavy atom. The van der Waals surface area contributed by atoms with Crippen LogP contribution in [0.3, 0.4) is 0 Å². The van der Waals surface area contributed by atoms with Gasteiger partial charge in [-0.2, -0.15) is 9.97 Å². The Balaban J connectivity index is 1.48. The molecule has 37 heavy (non-hydrogen) atoms. The number of imidazole rings is 1. The monoisotopic (exact) mass is 544 g/mol. The summed E-state index contributed by atoms with van der Waals surface area (Å²) < 4.78 is 59.1. The highest BCUT2D eigenvalue weighted by Gasteiger charge is 2.61. The van der Waals surface area contributed by atoms with E-state index in [1.807, 2.05) is 6.92 Å². The van der Waals surface area contributed by atoms with Crippen LogP contribution in [0.1, 0.15) is 47.3 Å². The van der Waals surface area contributed by atoms with E-state index >= 15 is 4.39 Å². The number of hydrogen-bond acceptors (Lipinski definition) is 12. The van der Waals surface area contributed by atoms with Crippen LogP contribution >= 0.6 is 7.60 Å². The van der Waals surface area contributed by atoms with Crippen LogP contribution in [-0.2, 0) is 27.9 Å². The van der Waals surface area contributed by atoms with Gasteiger partial charge >= 0.3 is 13.6 Å². The number of hydrogen-bond donors (Lipinski definition) is 2. The van der Waals surface area contributed by atoms with Gasteiger partial charge in [-0.05, 0) is 20.3 Å². The fourth-order valence-corrected chi connectivity index (χ4v) is 5.98. The van der Waals surface area contributed by atoms with Crippen molar-refractivity contribution in [3.63, 3.8) is 0 Å². The molecule has 0 spiro atoms. The summed E-state index contributed by atoms with van der Waals surface area (Å²) in [4.78, 5) is 24.3. The molecule has 206 valence electrons. The lowest BCUT2D eigenvalue weighted by Gasteiger charge is -2.35. The third kappa shape index (κ3) is 5.58. The van der Waals surface area contributed by atoms with Crippen molar-refractivity contribution in [2.24, 2.45) is 5.92 Å². The van der Waals surface area contributed by atoms with Crippen LogP contribution in [-0.4, -0.2) is 75.5 Å². The predicted octanol–water partition coefficient (Wildman–Crippen LogP) is 2.57. The van der Waals surface area contributed by atoms with E-state index in [1.165, 1.54) is 17.8 Å². The molecule has 2 saturated heterocycles. The zero-order valence-electron chi connectivity index (χ0n) is 21.5. The van der Waals surface area contributed by atoms with Crippen LogP contribution in [0.5, 0.6) is 5.88 Å². The zero-order valence-corrected chi connectivity index (χ0v) is 22.4. The molecule has 2 fully saturated rings. The highest BCUT2D eigenvalue weighted by Crippen LogP contribution is 2.58. The third-order valence-corrected chi connectivity index (χ3v) is 7.96. The summed E-state index contributed by atoms with van der Waals surface area (Å²) >= 11 is 0. The number of esters is 1. The molecule has 4 rings (SSSR count). The molecular weight excluding hydrogens is 510 g/mol. The topological polar surface area (TPSA) is 162 Å². The van der Waals surface area contributed by atoms with Gasteiger partial charge in [0, 0.05) is 6.04 Å². The molecule has 2 aliphatic rings. The van der Waals surface area contributed by atoms with Gasteiger partial charge in [-0.15, -0.1) is 0 Å². The summed E-state index contributed by atoms with van der Waals surface area (Å²) in [6.07, 6.45) is -1.42. The summed E-state index contributed by atoms with van der Waals surface area (Å²) in [6.45, 7) is 8.78. The first kappa shape index (κ1) is 27.6. The molecule has 15 heteroatoms. The number of fused-ring (bicyclic) bond motifs is 2. The highest BCUT2D eigenvalue weighted by molar-refractivity contribution is 7.53. The number of ether oxygens (including phenoxy) is 3. The van der Waals surface area contributed by atoms with Crippen molar-refractivity contribution >= 4 is 30.7 Å². The molecule has 0 radical (unpaired) electrons. The van der Waals surface area contributed by atoms with E-state index in [0.717, 1.165) is 0 Å². The molecule has 2 aliphatic heterocycles. The molecule has 2 aromatic heterocycles. The van der Waals surface area contributed by atoms with E-state index in [9.17, 15) is 9.36 Å². The number of nitrogen functional groups attached to an aromatic ring is 1. The van der Waals surface area contributed by atoms with Gasteiger partial charge in [0.1, 0.15) is 18.8 Å². The van der Waals surface area contributed by atoms with Crippen LogP contribution < -0.4 is 15.8 Å². The lowest BCUT2D eigenvalue weighted by Crippen LogP contribution is -2.46. The van der Waals surface area contributed by atoms with Gasteiger partial charge in [0.15, 0.2) is 23.1 Å². The van der Waals surface area contributed by atoms with Crippen molar-refractivity contribution in [2.45, 2.75) is 71.2 Å². The van der Waals surface area contributed by atoms with Gasteiger partial charge in [-0.1, -0.05) is 20.8 Å². The molecule has 13 nitrogen and oxygen atoms in total. The molecule has 2 aromatic rings. The SMILES string of the molecule is CCOc1nc(N)nc2c1ncn2[C@@H]1O[C@@H]2CO[P@@](=O)(CN[C@@H](CC)COC(=O)C(C)C)O[C@H]2[C@@]1(C)F. The van der Waals surface area contributed by atoms with Crippen molar-refractivity contribution in [1.29, 1.82) is 0 Å². The number of carbonyl (C=O) groups excluding carboxylic acids is 1. The minimum atomic E-state index is -3.74. The summed E-state index contributed by atoms with van der Waals surface area (Å²) in [6, 6.07) is -0.273. The Bertz CT molecular complexity index is 1180. The van der Waals surface area contributed by atoms with Gasteiger partial charge in [0.2, 0.25) is 11.8 Å². The Hall–Kier alpha value is -2.38. The second-order valence-corrected chi connectivity index (χ2v) is 11.5. The Kier molecular flexibility index (Phi) is 8.05. The van der Waals surface area contributed by atoms with E-state index in [2.05, 4.69) is 20.3 Å². The molecule has 0 saturated carbocycles. The van der Waals surface area contributed by atoms with Crippen molar-refractivity contribution < 1.29 is 37.0 Å². The number of nitrogens with two attached hydrogens (primary N) is 1. The fourth-order valence-electron chi connectivity index (χ4n) is 4.21. The van der Waals surface area contributed by atoms with Crippen LogP contribution in [0.25, 0.3) is 11.2 Å². The summed E-state index contributed by atoms with van der Waals surface area (Å²) in [7, 11) is -3.74. The molecule has 0 amide bonds. The van der Waals surface area contributed by atoms with Crippen LogP contribution in [0.2, 0.25) is 0 Å². The highest BCUT2D eigenvalue weighted by atomic mass is 31.2. The number of halogens is 1. The zero-order chi connectivity index (χ0) is 27.0. The average molecular weight is 545 g/mol. The molecule has 0 aliphatic carbocycles. The van der Waals surface area contributed by atoms with Gasteiger partial charge in [0.25, 0.3) is 0 Å². The minimum Gasteiger partial charge on any atom is -0.476 e. The van der Waals surface area contributed by atoms with E-state index in [1.54, 1.807) is 20.8 Å². The van der Waals surface area contributed by atoms with Crippen LogP contribution in [0.4, 0.5) is 10.3 Å². The quantitative estimate of drug-likeness (QED) is 0.333. The number of carbonyl (C=O) groups is 1. The smallest absolute Gasteiger partial charge is 0.344 e. The first-order valence-electron chi connectivity index (χ1n) is 12.3. The van der Waals surface area contributed by atoms with Crippen molar-refractivity contribution in [3.05, 3.63) is 6.33 Å². The van der Waals surface area contributed by atoms with Crippen molar-refractivity contribution in [2.75, 3.05) is 31.8 Å². The molecule has 0 unspecified atom stereocenters. The summed E-state index contributed by atoms with van der Waals surface area (Å²) in [5.74, 6) is -0.459. The number of nitrogens with one attached hydrogen (secondary N) is 1. The molecule has 0 bridgehead atoms. The van der Waals surface area contributed by atoms with Crippen molar-refractivity contribution in [3.8, 4) is 5.88 Å². The van der Waals surface area contributed by atoms with Gasteiger partial charge < -0.3 is 29.8 Å². The number of rotatable bonds is 10. The summed E-state index contributed by atoms with van der Waals surface area (Å²) in [5, 5.41) is 3.05. The van der Waals surface area contributed by atoms with Gasteiger partial charge in [-0.25, -0.2) is 9.37 Å². The summed E-state index contributed by atoms with van der Waals surface area (Å²) in [5.41, 5.74) is 4.24. The maximum Gasteiger partial charge on any atom is 0.344 e. The van der Waals surface area contributed by atoms with E-state index < -0.39 is 31.7 Å². The standard InChI is InChI=1S/C22H34FN6O7P/c1-6-13(8-33-19(30)12(3)4)26-11-37(31)34-9-14-16(36-37)22(5,23)20(35-14)29-10-25-15-17(29)27-21(24)28-18(15)32-7-2/h10,12-14,16,20,26H,6-9,11H2,1-5H3,(H2,24,27,28)/t13-,14+,16+,20+,22+,37-/m0/s1. The van der Waals surface area contributed by atoms with E-state index in [-0.39, 0.29) is 54.9 Å². The Morgan fingerprint density at radius 1 is 1.41 bits per heavy atom. The van der Waals surface area contributed by atoms with E-state index in [0.29, 0.717) is 18.5 Å². The Morgan fingerprint density at radius 2 is 2.16 bits per heavy atom. The lowest BCUT2D eigenvalue weighted by molar-refractivity contribution is -0.148. The lowest BCUT2D eigenvalue weighted by atomic mass is 9.98. The largest absolute Gasteiger partial charge is 0.476 e. The second kappa shape index (κ2) is 10.8. The van der Waals surface area contributed by atoms with Crippen LogP contribution in [0, 0.1) is 5.92 Å². The molecule has 6 atom stereocenters. The predicted molar refractivity (Wildman–Crippen MR) is 131 cm³/mol. The molecule has 3 N–H and O–H groups in total. The maximum atomic E-state index is 16.3. The van der Waals surface area contributed by atoms with Crippen molar-refractivity contribution in [1.82, 2.24) is 24.8 Å². The minimum absolute atomic E-state index is 0.0617. The normalized spacial score (nSPS) is 30.4. The first-order valence-corrected chi connectivity index (χ1v) is 14.0. The number of aromatic nitrogens is 4. The second-order valence-electron chi connectivity index (χ2n) is 9.51. The third-order valence-electron chi connectivity index (χ3n) is 6.30. The number of nitrogens with zero attached hydrogens (tertiary/aromatic N) is 4. The van der Waals surface area contributed by atoms with E-state index in [4.69, 9.17) is 29.0 Å². The fraction of sp³-hybridized carbons (Fsp3) is 0.727. The molecule has 0 aromatic carbocycles. The van der Waals surface area contributed by atoms with Gasteiger partial charge in [0.05, 0.1) is 31.7 Å². The maximum absolute atomic E-state index is 16.3. The van der Waals surface area contributed by atoms with Crippen LogP contribution in [0.15, 0.2) is 6.33 Å². The Labute approximate surface area is 214 Å². The number of alkyl halides is 1. The number of anilines is 1. The first-order chi connectivity index (χ1) is 17.5. The van der Waals surface area contributed by atoms with Gasteiger partial charge in [-0.3, -0.25) is 18.5 Å². The molecular formula is C22H34FN6O7P. The average Bonchev–Trinajstić information content (AvgIpc) is 3.36.